The van der Waals surface area contributed by atoms with Gasteiger partial charge in [0.2, 0.25) is 0 Å². The highest BCUT2D eigenvalue weighted by Gasteiger charge is 2.47. The lowest BCUT2D eigenvalue weighted by Crippen LogP contribution is -2.52. The number of ether oxygens (including phenoxy) is 3. The first-order chi connectivity index (χ1) is 15.7. The molecule has 1 unspecified atom stereocenters. The van der Waals surface area contributed by atoms with Crippen molar-refractivity contribution in [2.45, 2.75) is 64.1 Å². The molecular formula is C23H31N5O5. The van der Waals surface area contributed by atoms with E-state index < -0.39 is 11.2 Å². The van der Waals surface area contributed by atoms with E-state index in [1.54, 1.807) is 4.90 Å². The minimum absolute atomic E-state index is 0.0188. The maximum absolute atomic E-state index is 13.7. The van der Waals surface area contributed by atoms with E-state index >= 15 is 0 Å². The minimum Gasteiger partial charge on any atom is -0.444 e. The molecule has 0 saturated carbocycles. The van der Waals surface area contributed by atoms with Gasteiger partial charge in [-0.05, 0) is 45.6 Å². The Morgan fingerprint density at radius 3 is 2.70 bits per heavy atom. The van der Waals surface area contributed by atoms with Crippen molar-refractivity contribution in [2.75, 3.05) is 32.9 Å². The van der Waals surface area contributed by atoms with E-state index in [9.17, 15) is 9.59 Å². The van der Waals surface area contributed by atoms with Crippen molar-refractivity contribution in [2.24, 2.45) is 0 Å². The molecule has 0 radical (unpaired) electrons. The zero-order valence-electron chi connectivity index (χ0n) is 19.6. The summed E-state index contributed by atoms with van der Waals surface area (Å²) in [6, 6.07) is 0. The van der Waals surface area contributed by atoms with Crippen LogP contribution in [0.15, 0.2) is 10.9 Å². The Hall–Kier alpha value is -2.72. The summed E-state index contributed by atoms with van der Waals surface area (Å²) in [6.45, 7) is 10.1. The quantitative estimate of drug-likeness (QED) is 0.701. The third-order valence-corrected chi connectivity index (χ3v) is 6.55. The number of carbonyl (C=O) groups excluding carboxylic acids is 1. The van der Waals surface area contributed by atoms with Gasteiger partial charge in [0.05, 0.1) is 31.1 Å². The molecular weight excluding hydrogens is 426 g/mol. The van der Waals surface area contributed by atoms with E-state index in [-0.39, 0.29) is 17.6 Å². The standard InChI is InChI=1S/C23H31N5O5/c1-14-13-32-23(7-9-27(10-8-23)21(30)33-22(2,3)4)16-17(14)24-20-25-18(26-28(20)19(16)29)15-5-11-31-12-6-15/h5,14H,6-13H2,1-4H3,(H,24,25,26). The van der Waals surface area contributed by atoms with Crippen molar-refractivity contribution < 1.29 is 19.0 Å². The number of hydrogen-bond donors (Lipinski definition) is 1. The third kappa shape index (κ3) is 3.95. The van der Waals surface area contributed by atoms with Crippen LogP contribution in [-0.4, -0.2) is 69.1 Å². The van der Waals surface area contributed by atoms with E-state index in [1.165, 1.54) is 4.52 Å². The average Bonchev–Trinajstić information content (AvgIpc) is 3.21. The first-order valence-corrected chi connectivity index (χ1v) is 11.6. The molecule has 2 aromatic heterocycles. The van der Waals surface area contributed by atoms with Gasteiger partial charge in [0, 0.05) is 19.0 Å². The lowest BCUT2D eigenvalue weighted by molar-refractivity contribution is -0.106. The molecule has 1 fully saturated rings. The number of rotatable bonds is 1. The van der Waals surface area contributed by atoms with Gasteiger partial charge in [0.25, 0.3) is 11.3 Å². The number of carbonyl (C=O) groups is 1. The fraction of sp³-hybridized carbons (Fsp3) is 0.652. The predicted octanol–water partition coefficient (Wildman–Crippen LogP) is 2.58. The summed E-state index contributed by atoms with van der Waals surface area (Å²) in [5.41, 5.74) is 0.846. The Kier molecular flexibility index (Phi) is 5.32. The van der Waals surface area contributed by atoms with Crippen molar-refractivity contribution in [3.8, 4) is 0 Å². The van der Waals surface area contributed by atoms with Crippen LogP contribution in [0.3, 0.4) is 0 Å². The second-order valence-electron chi connectivity index (χ2n) is 10.1. The van der Waals surface area contributed by atoms with Crippen LogP contribution in [-0.2, 0) is 19.8 Å². The zero-order chi connectivity index (χ0) is 23.4. The zero-order valence-corrected chi connectivity index (χ0v) is 19.6. The van der Waals surface area contributed by atoms with Gasteiger partial charge in [-0.25, -0.2) is 9.78 Å². The van der Waals surface area contributed by atoms with Crippen LogP contribution < -0.4 is 5.56 Å². The van der Waals surface area contributed by atoms with Gasteiger partial charge in [-0.2, -0.15) is 9.50 Å². The molecule has 1 atom stereocenters. The Labute approximate surface area is 191 Å². The molecule has 1 N–H and O–H groups in total. The van der Waals surface area contributed by atoms with Gasteiger partial charge >= 0.3 is 6.09 Å². The fourth-order valence-electron chi connectivity index (χ4n) is 4.81. The number of nitrogens with zero attached hydrogens (tertiary/aromatic N) is 4. The van der Waals surface area contributed by atoms with Crippen LogP contribution in [0.4, 0.5) is 4.79 Å². The molecule has 3 aliphatic heterocycles. The molecule has 10 heteroatoms. The number of amides is 1. The summed E-state index contributed by atoms with van der Waals surface area (Å²) in [5.74, 6) is 0.999. The molecule has 5 rings (SSSR count). The van der Waals surface area contributed by atoms with Crippen molar-refractivity contribution in [3.05, 3.63) is 33.5 Å². The predicted molar refractivity (Wildman–Crippen MR) is 120 cm³/mol. The number of H-pyrrole nitrogens is 1. The topological polar surface area (TPSA) is 111 Å². The maximum atomic E-state index is 13.7. The van der Waals surface area contributed by atoms with Crippen LogP contribution in [0.1, 0.15) is 70.0 Å². The van der Waals surface area contributed by atoms with E-state index in [2.05, 4.69) is 10.1 Å². The van der Waals surface area contributed by atoms with Gasteiger partial charge in [0.1, 0.15) is 11.2 Å². The summed E-state index contributed by atoms with van der Waals surface area (Å²) in [4.78, 5) is 37.3. The molecule has 178 valence electrons. The van der Waals surface area contributed by atoms with Gasteiger partial charge < -0.3 is 19.1 Å². The van der Waals surface area contributed by atoms with Gasteiger partial charge in [0.15, 0.2) is 5.82 Å². The normalized spacial score (nSPS) is 22.8. The molecule has 1 spiro atoms. The van der Waals surface area contributed by atoms with Crippen LogP contribution in [0, 0.1) is 0 Å². The lowest BCUT2D eigenvalue weighted by Gasteiger charge is -2.45. The highest BCUT2D eigenvalue weighted by atomic mass is 16.6. The first kappa shape index (κ1) is 22.1. The lowest BCUT2D eigenvalue weighted by atomic mass is 9.79. The van der Waals surface area contributed by atoms with Crippen molar-refractivity contribution >= 4 is 17.4 Å². The Morgan fingerprint density at radius 1 is 1.27 bits per heavy atom. The van der Waals surface area contributed by atoms with Crippen molar-refractivity contribution in [1.82, 2.24) is 24.5 Å². The monoisotopic (exact) mass is 457 g/mol. The smallest absolute Gasteiger partial charge is 0.410 e. The number of aromatic nitrogens is 4. The van der Waals surface area contributed by atoms with E-state index in [0.717, 1.165) is 17.7 Å². The SMILES string of the molecule is CC1COC2(CCN(C(=O)OC(C)(C)C)CC2)c2c1nc1nc(C3=CCOCC3)[nH]n1c2=O. The average molecular weight is 458 g/mol. The molecule has 3 aliphatic rings. The van der Waals surface area contributed by atoms with Gasteiger partial charge in [-0.1, -0.05) is 13.0 Å². The van der Waals surface area contributed by atoms with Crippen LogP contribution in [0.25, 0.3) is 11.4 Å². The van der Waals surface area contributed by atoms with Crippen LogP contribution in [0.5, 0.6) is 0 Å². The molecule has 0 bridgehead atoms. The largest absolute Gasteiger partial charge is 0.444 e. The summed E-state index contributed by atoms with van der Waals surface area (Å²) in [5, 5.41) is 3.14. The Bertz CT molecular complexity index is 1170. The number of nitrogens with one attached hydrogen (secondary N) is 1. The first-order valence-electron chi connectivity index (χ1n) is 11.6. The highest BCUT2D eigenvalue weighted by molar-refractivity contribution is 5.68. The van der Waals surface area contributed by atoms with Crippen LogP contribution in [0.2, 0.25) is 0 Å². The maximum Gasteiger partial charge on any atom is 0.410 e. The summed E-state index contributed by atoms with van der Waals surface area (Å²) >= 11 is 0. The third-order valence-electron chi connectivity index (χ3n) is 6.55. The number of aromatic amines is 1. The van der Waals surface area contributed by atoms with E-state index in [0.29, 0.717) is 62.9 Å². The fourth-order valence-corrected chi connectivity index (χ4v) is 4.81. The summed E-state index contributed by atoms with van der Waals surface area (Å²) < 4.78 is 18.7. The molecule has 5 heterocycles. The number of fused-ring (bicyclic) bond motifs is 3. The number of piperidine rings is 1. The minimum atomic E-state index is -0.769. The molecule has 1 amide bonds. The van der Waals surface area contributed by atoms with E-state index in [1.807, 2.05) is 33.8 Å². The van der Waals surface area contributed by atoms with Gasteiger partial charge in [-0.3, -0.25) is 9.89 Å². The van der Waals surface area contributed by atoms with Crippen molar-refractivity contribution in [3.63, 3.8) is 0 Å². The van der Waals surface area contributed by atoms with E-state index in [4.69, 9.17) is 19.2 Å². The Balaban J connectivity index is 1.49. The Morgan fingerprint density at radius 2 is 2.03 bits per heavy atom. The molecule has 0 aliphatic carbocycles. The molecule has 2 aromatic rings. The van der Waals surface area contributed by atoms with Crippen molar-refractivity contribution in [1.29, 1.82) is 0 Å². The number of hydrogen-bond acceptors (Lipinski definition) is 7. The van der Waals surface area contributed by atoms with Gasteiger partial charge in [-0.15, -0.1) is 0 Å². The van der Waals surface area contributed by atoms with Crippen LogP contribution >= 0.6 is 0 Å². The second kappa shape index (κ2) is 7.95. The second-order valence-corrected chi connectivity index (χ2v) is 10.1. The molecule has 10 nitrogen and oxygen atoms in total. The highest BCUT2D eigenvalue weighted by Crippen LogP contribution is 2.42. The molecule has 33 heavy (non-hydrogen) atoms. The summed E-state index contributed by atoms with van der Waals surface area (Å²) in [6.07, 6.45) is 3.40. The molecule has 0 aromatic carbocycles. The molecule has 1 saturated heterocycles. The number of likely N-dealkylation sites (tertiary alicyclic amines) is 1. The summed E-state index contributed by atoms with van der Waals surface area (Å²) in [7, 11) is 0.